The molecule has 0 unspecified atom stereocenters. The first-order valence-electron chi connectivity index (χ1n) is 3.17. The lowest BCUT2D eigenvalue weighted by atomic mass is 10.5. The van der Waals surface area contributed by atoms with E-state index in [1.54, 1.807) is 25.3 Å². The maximum absolute atomic E-state index is 5.40. The normalized spacial score (nSPS) is 9.55. The van der Waals surface area contributed by atoms with Crippen molar-refractivity contribution in [3.63, 3.8) is 0 Å². The first-order chi connectivity index (χ1) is 5.33. The van der Waals surface area contributed by atoms with Crippen molar-refractivity contribution in [2.75, 3.05) is 19.6 Å². The molecule has 0 aromatic carbocycles. The van der Waals surface area contributed by atoms with Gasteiger partial charge in [-0.3, -0.25) is 0 Å². The molecule has 0 fully saturated rings. The van der Waals surface area contributed by atoms with E-state index in [0.29, 0.717) is 11.7 Å². The predicted molar refractivity (Wildman–Crippen MR) is 41.2 cm³/mol. The van der Waals surface area contributed by atoms with E-state index in [1.165, 1.54) is 0 Å². The fourth-order valence-electron chi connectivity index (χ4n) is 0.630. The molecule has 4 heteroatoms. The molecule has 0 bridgehead atoms. The zero-order chi connectivity index (χ0) is 8.10. The molecule has 1 aromatic heterocycles. The molecule has 0 aliphatic carbocycles. The third kappa shape index (κ3) is 2.43. The molecule has 0 aliphatic heterocycles. The zero-order valence-electron chi connectivity index (χ0n) is 6.28. The van der Waals surface area contributed by atoms with E-state index in [4.69, 9.17) is 10.5 Å². The first kappa shape index (κ1) is 7.81. The van der Waals surface area contributed by atoms with Gasteiger partial charge in [0, 0.05) is 13.2 Å². The molecule has 0 saturated carbocycles. The Morgan fingerprint density at radius 3 is 3.00 bits per heavy atom. The number of nitrogen functional groups attached to an aromatic ring is 1. The first-order valence-corrected chi connectivity index (χ1v) is 3.17. The molecule has 60 valence electrons. The van der Waals surface area contributed by atoms with Crippen LogP contribution in [0.15, 0.2) is 18.2 Å². The number of nitrogens with two attached hydrogens (primary N) is 1. The zero-order valence-corrected chi connectivity index (χ0v) is 6.28. The summed E-state index contributed by atoms with van der Waals surface area (Å²) >= 11 is 0. The summed E-state index contributed by atoms with van der Waals surface area (Å²) in [5.74, 6) is 0.922. The van der Waals surface area contributed by atoms with E-state index >= 15 is 0 Å². The molecule has 0 radical (unpaired) electrons. The summed E-state index contributed by atoms with van der Waals surface area (Å²) in [5.41, 5.74) is 5.40. The second-order valence-electron chi connectivity index (χ2n) is 1.95. The molecule has 1 heterocycles. The van der Waals surface area contributed by atoms with Crippen molar-refractivity contribution in [2.45, 2.75) is 0 Å². The average Bonchev–Trinajstić information content (AvgIpc) is 2.01. The number of methoxy groups -OCH3 is 1. The van der Waals surface area contributed by atoms with Gasteiger partial charge in [-0.2, -0.15) is 4.98 Å². The van der Waals surface area contributed by atoms with Crippen molar-refractivity contribution < 1.29 is 9.47 Å². The third-order valence-corrected chi connectivity index (χ3v) is 1.07. The van der Waals surface area contributed by atoms with Gasteiger partial charge in [0.1, 0.15) is 5.82 Å². The van der Waals surface area contributed by atoms with Crippen molar-refractivity contribution in [3.05, 3.63) is 18.2 Å². The number of hydrogen-bond acceptors (Lipinski definition) is 4. The number of rotatable bonds is 3. The summed E-state index contributed by atoms with van der Waals surface area (Å²) in [5, 5.41) is 0. The summed E-state index contributed by atoms with van der Waals surface area (Å²) in [6, 6.07) is 5.18. The van der Waals surface area contributed by atoms with Crippen LogP contribution >= 0.6 is 0 Å². The highest BCUT2D eigenvalue weighted by atomic mass is 16.7. The van der Waals surface area contributed by atoms with E-state index in [1.807, 2.05) is 0 Å². The molecular weight excluding hydrogens is 144 g/mol. The number of nitrogens with zero attached hydrogens (tertiary/aromatic N) is 1. The van der Waals surface area contributed by atoms with Gasteiger partial charge < -0.3 is 15.2 Å². The lowest BCUT2D eigenvalue weighted by Crippen LogP contribution is -2.01. The van der Waals surface area contributed by atoms with Crippen LogP contribution in [0.2, 0.25) is 0 Å². The van der Waals surface area contributed by atoms with Crippen molar-refractivity contribution in [2.24, 2.45) is 0 Å². The van der Waals surface area contributed by atoms with Crippen LogP contribution in [-0.4, -0.2) is 18.9 Å². The Bertz CT molecular complexity index is 227. The van der Waals surface area contributed by atoms with Crippen molar-refractivity contribution in [3.8, 4) is 5.88 Å². The van der Waals surface area contributed by atoms with Gasteiger partial charge in [-0.1, -0.05) is 6.07 Å². The van der Waals surface area contributed by atoms with Gasteiger partial charge in [0.2, 0.25) is 5.88 Å². The fourth-order valence-corrected chi connectivity index (χ4v) is 0.630. The molecule has 0 saturated heterocycles. The highest BCUT2D eigenvalue weighted by Gasteiger charge is 1.92. The number of aromatic nitrogens is 1. The third-order valence-electron chi connectivity index (χ3n) is 1.07. The molecule has 0 atom stereocenters. The van der Waals surface area contributed by atoms with Crippen LogP contribution in [0.4, 0.5) is 5.82 Å². The van der Waals surface area contributed by atoms with Gasteiger partial charge in [-0.15, -0.1) is 0 Å². The molecular formula is C7H10N2O2. The minimum absolute atomic E-state index is 0.191. The van der Waals surface area contributed by atoms with Crippen molar-refractivity contribution >= 4 is 5.82 Å². The summed E-state index contributed by atoms with van der Waals surface area (Å²) in [7, 11) is 1.55. The smallest absolute Gasteiger partial charge is 0.217 e. The van der Waals surface area contributed by atoms with Crippen LogP contribution in [0.25, 0.3) is 0 Å². The monoisotopic (exact) mass is 154 g/mol. The minimum Gasteiger partial charge on any atom is -0.450 e. The minimum atomic E-state index is 0.191. The Morgan fingerprint density at radius 1 is 1.55 bits per heavy atom. The van der Waals surface area contributed by atoms with Crippen LogP contribution in [0.3, 0.4) is 0 Å². The topological polar surface area (TPSA) is 57.4 Å². The highest BCUT2D eigenvalue weighted by molar-refractivity contribution is 5.30. The predicted octanol–water partition coefficient (Wildman–Crippen LogP) is 0.646. The van der Waals surface area contributed by atoms with Gasteiger partial charge in [0.05, 0.1) is 0 Å². The van der Waals surface area contributed by atoms with Gasteiger partial charge in [-0.25, -0.2) is 0 Å². The standard InChI is InChI=1S/C7H10N2O2/c1-10-5-11-7-4-2-3-6(8)9-7/h2-4H,5H2,1H3,(H2,8,9). The average molecular weight is 154 g/mol. The van der Waals surface area contributed by atoms with Crippen LogP contribution < -0.4 is 10.5 Å². The van der Waals surface area contributed by atoms with Gasteiger partial charge >= 0.3 is 0 Å². The van der Waals surface area contributed by atoms with Crippen LogP contribution in [0.5, 0.6) is 5.88 Å². The van der Waals surface area contributed by atoms with Crippen molar-refractivity contribution in [1.29, 1.82) is 0 Å². The number of pyridine rings is 1. The maximum atomic E-state index is 5.40. The second-order valence-corrected chi connectivity index (χ2v) is 1.95. The van der Waals surface area contributed by atoms with Gasteiger partial charge in [0.15, 0.2) is 6.79 Å². The number of ether oxygens (including phenoxy) is 2. The molecule has 0 amide bonds. The van der Waals surface area contributed by atoms with Crippen LogP contribution in [0.1, 0.15) is 0 Å². The number of anilines is 1. The molecule has 1 rings (SSSR count). The maximum Gasteiger partial charge on any atom is 0.217 e. The molecule has 1 aromatic rings. The van der Waals surface area contributed by atoms with Crippen molar-refractivity contribution in [1.82, 2.24) is 4.98 Å². The van der Waals surface area contributed by atoms with E-state index in [0.717, 1.165) is 0 Å². The quantitative estimate of drug-likeness (QED) is 0.649. The van der Waals surface area contributed by atoms with E-state index < -0.39 is 0 Å². The molecule has 4 nitrogen and oxygen atoms in total. The van der Waals surface area contributed by atoms with E-state index in [-0.39, 0.29) is 6.79 Å². The molecule has 0 aliphatic rings. The molecule has 11 heavy (non-hydrogen) atoms. The van der Waals surface area contributed by atoms with Gasteiger partial charge in [-0.05, 0) is 6.07 Å². The Morgan fingerprint density at radius 2 is 2.36 bits per heavy atom. The van der Waals surface area contributed by atoms with E-state index in [2.05, 4.69) is 9.72 Å². The van der Waals surface area contributed by atoms with Crippen LogP contribution in [0, 0.1) is 0 Å². The summed E-state index contributed by atoms with van der Waals surface area (Å²) < 4.78 is 9.71. The Hall–Kier alpha value is -1.29. The Labute approximate surface area is 64.9 Å². The van der Waals surface area contributed by atoms with Crippen LogP contribution in [-0.2, 0) is 4.74 Å². The summed E-state index contributed by atoms with van der Waals surface area (Å²) in [6.07, 6.45) is 0. The largest absolute Gasteiger partial charge is 0.450 e. The summed E-state index contributed by atoms with van der Waals surface area (Å²) in [6.45, 7) is 0.191. The molecule has 2 N–H and O–H groups in total. The highest BCUT2D eigenvalue weighted by Crippen LogP contribution is 2.07. The summed E-state index contributed by atoms with van der Waals surface area (Å²) in [4.78, 5) is 3.89. The lowest BCUT2D eigenvalue weighted by Gasteiger charge is -2.02. The SMILES string of the molecule is COCOc1cccc(N)n1. The number of hydrogen-bond donors (Lipinski definition) is 1. The van der Waals surface area contributed by atoms with E-state index in [9.17, 15) is 0 Å². The lowest BCUT2D eigenvalue weighted by molar-refractivity contribution is 0.0479. The fraction of sp³-hybridized carbons (Fsp3) is 0.286. The second kappa shape index (κ2) is 3.78. The Kier molecular flexibility index (Phi) is 2.68. The Balaban J connectivity index is 2.56. The molecule has 0 spiro atoms. The van der Waals surface area contributed by atoms with Gasteiger partial charge in [0.25, 0.3) is 0 Å².